The first-order chi connectivity index (χ1) is 8.19. The third kappa shape index (κ3) is 2.55. The van der Waals surface area contributed by atoms with Crippen LogP contribution in [0.15, 0.2) is 12.1 Å². The fourth-order valence-corrected chi connectivity index (χ4v) is 2.96. The zero-order valence-corrected chi connectivity index (χ0v) is 11.1. The van der Waals surface area contributed by atoms with Gasteiger partial charge in [0.15, 0.2) is 0 Å². The van der Waals surface area contributed by atoms with Gasteiger partial charge in [-0.15, -0.1) is 0 Å². The summed E-state index contributed by atoms with van der Waals surface area (Å²) in [7, 11) is 0. The van der Waals surface area contributed by atoms with Crippen molar-refractivity contribution in [2.24, 2.45) is 0 Å². The molecule has 1 fully saturated rings. The Balaban J connectivity index is 2.08. The molecule has 90 valence electrons. The van der Waals surface area contributed by atoms with Crippen molar-refractivity contribution in [1.29, 1.82) is 5.26 Å². The van der Waals surface area contributed by atoms with Crippen LogP contribution < -0.4 is 5.32 Å². The smallest absolute Gasteiger partial charge is 0.144 e. The van der Waals surface area contributed by atoms with Gasteiger partial charge in [-0.2, -0.15) is 17.0 Å². The second kappa shape index (κ2) is 4.97. The standard InChI is InChI=1S/C13H17N3S/c1-10-4-5-11(8-14)12(16-10)15-9-13(17-2)6-3-7-13/h4-5H,3,6-7,9H2,1-2H3,(H,15,16). The number of anilines is 1. The molecule has 0 unspecified atom stereocenters. The van der Waals surface area contributed by atoms with Crippen molar-refractivity contribution in [3.05, 3.63) is 23.4 Å². The van der Waals surface area contributed by atoms with Crippen LogP contribution in [0, 0.1) is 18.3 Å². The molecule has 0 aromatic carbocycles. The third-order valence-electron chi connectivity index (χ3n) is 3.43. The van der Waals surface area contributed by atoms with Gasteiger partial charge in [0.1, 0.15) is 11.9 Å². The Bertz CT molecular complexity index is 441. The molecule has 1 aromatic heterocycles. The van der Waals surface area contributed by atoms with E-state index in [0.29, 0.717) is 10.3 Å². The average Bonchev–Trinajstić information content (AvgIpc) is 2.28. The molecule has 1 aromatic rings. The lowest BCUT2D eigenvalue weighted by atomic mass is 9.84. The second-order valence-corrected chi connectivity index (χ2v) is 5.83. The molecule has 1 heterocycles. The number of hydrogen-bond donors (Lipinski definition) is 1. The van der Waals surface area contributed by atoms with Crippen LogP contribution >= 0.6 is 11.8 Å². The van der Waals surface area contributed by atoms with Crippen LogP contribution in [0.4, 0.5) is 5.82 Å². The van der Waals surface area contributed by atoms with E-state index in [0.717, 1.165) is 18.1 Å². The lowest BCUT2D eigenvalue weighted by Crippen LogP contribution is -2.40. The highest BCUT2D eigenvalue weighted by Gasteiger charge is 2.35. The van der Waals surface area contributed by atoms with Gasteiger partial charge in [-0.1, -0.05) is 6.42 Å². The molecule has 0 bridgehead atoms. The molecule has 0 spiro atoms. The van der Waals surface area contributed by atoms with E-state index >= 15 is 0 Å². The van der Waals surface area contributed by atoms with E-state index in [2.05, 4.69) is 22.6 Å². The Morgan fingerprint density at radius 2 is 2.29 bits per heavy atom. The van der Waals surface area contributed by atoms with E-state index in [1.807, 2.05) is 30.8 Å². The Labute approximate surface area is 107 Å². The van der Waals surface area contributed by atoms with E-state index in [4.69, 9.17) is 5.26 Å². The summed E-state index contributed by atoms with van der Waals surface area (Å²) >= 11 is 1.92. The lowest BCUT2D eigenvalue weighted by Gasteiger charge is -2.40. The van der Waals surface area contributed by atoms with E-state index < -0.39 is 0 Å². The van der Waals surface area contributed by atoms with Gasteiger partial charge >= 0.3 is 0 Å². The molecule has 4 heteroatoms. The molecule has 0 amide bonds. The van der Waals surface area contributed by atoms with Crippen molar-refractivity contribution < 1.29 is 0 Å². The molecule has 2 rings (SSSR count). The van der Waals surface area contributed by atoms with Crippen molar-refractivity contribution in [1.82, 2.24) is 4.98 Å². The number of nitrogens with one attached hydrogen (secondary N) is 1. The third-order valence-corrected chi connectivity index (χ3v) is 4.85. The average molecular weight is 247 g/mol. The van der Waals surface area contributed by atoms with E-state index in [-0.39, 0.29) is 0 Å². The maximum Gasteiger partial charge on any atom is 0.144 e. The van der Waals surface area contributed by atoms with Crippen LogP contribution in [0.25, 0.3) is 0 Å². The van der Waals surface area contributed by atoms with Gasteiger partial charge in [-0.3, -0.25) is 0 Å². The quantitative estimate of drug-likeness (QED) is 0.888. The van der Waals surface area contributed by atoms with Crippen molar-refractivity contribution in [3.8, 4) is 6.07 Å². The Morgan fingerprint density at radius 1 is 1.53 bits per heavy atom. The van der Waals surface area contributed by atoms with Gasteiger partial charge < -0.3 is 5.32 Å². The molecule has 1 aliphatic rings. The second-order valence-electron chi connectivity index (χ2n) is 4.55. The molecular weight excluding hydrogens is 230 g/mol. The summed E-state index contributed by atoms with van der Waals surface area (Å²) in [4.78, 5) is 4.40. The number of aromatic nitrogens is 1. The summed E-state index contributed by atoms with van der Waals surface area (Å²) in [5.41, 5.74) is 1.57. The number of nitriles is 1. The van der Waals surface area contributed by atoms with Gasteiger partial charge in [0.2, 0.25) is 0 Å². The molecule has 0 aliphatic heterocycles. The topological polar surface area (TPSA) is 48.7 Å². The van der Waals surface area contributed by atoms with Crippen LogP contribution in [-0.4, -0.2) is 22.5 Å². The van der Waals surface area contributed by atoms with Crippen molar-refractivity contribution in [2.75, 3.05) is 18.1 Å². The Morgan fingerprint density at radius 3 is 2.82 bits per heavy atom. The SMILES string of the molecule is CSC1(CNc2nc(C)ccc2C#N)CCC1. The number of pyridine rings is 1. The van der Waals surface area contributed by atoms with Crippen LogP contribution in [0.1, 0.15) is 30.5 Å². The summed E-state index contributed by atoms with van der Waals surface area (Å²) in [5, 5.41) is 12.4. The van der Waals surface area contributed by atoms with E-state index in [1.165, 1.54) is 19.3 Å². The van der Waals surface area contributed by atoms with Crippen molar-refractivity contribution in [3.63, 3.8) is 0 Å². The summed E-state index contributed by atoms with van der Waals surface area (Å²) in [6, 6.07) is 5.88. The number of thioether (sulfide) groups is 1. The highest BCUT2D eigenvalue weighted by atomic mass is 32.2. The van der Waals surface area contributed by atoms with Gasteiger partial charge in [-0.25, -0.2) is 4.98 Å². The minimum atomic E-state index is 0.359. The van der Waals surface area contributed by atoms with Crippen LogP contribution in [0.3, 0.4) is 0 Å². The number of hydrogen-bond acceptors (Lipinski definition) is 4. The van der Waals surface area contributed by atoms with E-state index in [9.17, 15) is 0 Å². The predicted octanol–water partition coefficient (Wildman–Crippen LogP) is 2.96. The van der Waals surface area contributed by atoms with Crippen LogP contribution in [0.5, 0.6) is 0 Å². The molecule has 17 heavy (non-hydrogen) atoms. The summed E-state index contributed by atoms with van der Waals surface area (Å²) in [6.07, 6.45) is 5.99. The normalized spacial score (nSPS) is 17.0. The molecule has 0 saturated heterocycles. The van der Waals surface area contributed by atoms with Gasteiger partial charge in [0.25, 0.3) is 0 Å². The predicted molar refractivity (Wildman–Crippen MR) is 72.3 cm³/mol. The molecular formula is C13H17N3S. The maximum absolute atomic E-state index is 9.03. The Hall–Kier alpha value is -1.21. The zero-order valence-electron chi connectivity index (χ0n) is 10.3. The van der Waals surface area contributed by atoms with Crippen molar-refractivity contribution >= 4 is 17.6 Å². The minimum absolute atomic E-state index is 0.359. The number of nitrogens with zero attached hydrogens (tertiary/aromatic N) is 2. The summed E-state index contributed by atoms with van der Waals surface area (Å²) in [5.74, 6) is 0.729. The fraction of sp³-hybridized carbons (Fsp3) is 0.538. The maximum atomic E-state index is 9.03. The first-order valence-corrected chi connectivity index (χ1v) is 7.08. The van der Waals surface area contributed by atoms with Gasteiger partial charge in [-0.05, 0) is 38.2 Å². The monoisotopic (exact) mass is 247 g/mol. The highest BCUT2D eigenvalue weighted by Crippen LogP contribution is 2.42. The van der Waals surface area contributed by atoms with E-state index in [1.54, 1.807) is 0 Å². The summed E-state index contributed by atoms with van der Waals surface area (Å²) < 4.78 is 0.359. The largest absolute Gasteiger partial charge is 0.368 e. The van der Waals surface area contributed by atoms with Gasteiger partial charge in [0.05, 0.1) is 5.56 Å². The zero-order chi connectivity index (χ0) is 12.3. The first-order valence-electron chi connectivity index (χ1n) is 5.86. The Kier molecular flexibility index (Phi) is 3.58. The molecule has 3 nitrogen and oxygen atoms in total. The molecule has 1 aliphatic carbocycles. The van der Waals surface area contributed by atoms with Crippen LogP contribution in [-0.2, 0) is 0 Å². The number of rotatable bonds is 4. The molecule has 0 radical (unpaired) electrons. The summed E-state index contributed by atoms with van der Waals surface area (Å²) in [6.45, 7) is 2.85. The van der Waals surface area contributed by atoms with Crippen LogP contribution in [0.2, 0.25) is 0 Å². The number of aryl methyl sites for hydroxylation is 1. The molecule has 1 saturated carbocycles. The highest BCUT2D eigenvalue weighted by molar-refractivity contribution is 8.00. The van der Waals surface area contributed by atoms with Crippen molar-refractivity contribution in [2.45, 2.75) is 30.9 Å². The van der Waals surface area contributed by atoms with Gasteiger partial charge in [0, 0.05) is 17.0 Å². The lowest BCUT2D eigenvalue weighted by molar-refractivity contribution is 0.379. The molecule has 1 N–H and O–H groups in total. The molecule has 0 atom stereocenters. The first kappa shape index (κ1) is 12.3. The minimum Gasteiger partial charge on any atom is -0.368 e. The fourth-order valence-electron chi connectivity index (χ4n) is 2.05.